The molecule has 0 amide bonds. The van der Waals surface area contributed by atoms with Crippen LogP contribution in [0.2, 0.25) is 0 Å². The average molecular weight is 303 g/mol. The van der Waals surface area contributed by atoms with E-state index in [1.165, 1.54) is 6.42 Å². The molecule has 0 unspecified atom stereocenters. The van der Waals surface area contributed by atoms with Crippen LogP contribution in [0.5, 0.6) is 5.75 Å². The summed E-state index contributed by atoms with van der Waals surface area (Å²) in [7, 11) is 1.65. The van der Waals surface area contributed by atoms with Crippen LogP contribution >= 0.6 is 0 Å². The molecule has 2 aliphatic rings. The first-order chi connectivity index (χ1) is 10.8. The van der Waals surface area contributed by atoms with Crippen LogP contribution in [-0.4, -0.2) is 50.1 Å². The van der Waals surface area contributed by atoms with E-state index in [0.717, 1.165) is 56.9 Å². The largest absolute Gasteiger partial charge is 0.497 e. The molecule has 1 aromatic rings. The summed E-state index contributed by atoms with van der Waals surface area (Å²) < 4.78 is 10.6. The van der Waals surface area contributed by atoms with Gasteiger partial charge >= 0.3 is 0 Å². The first-order valence-electron chi connectivity index (χ1n) is 8.29. The topological polar surface area (TPSA) is 38.8 Å². The Labute approximate surface area is 132 Å². The van der Waals surface area contributed by atoms with Crippen molar-refractivity contribution < 1.29 is 14.3 Å². The highest BCUT2D eigenvalue weighted by Gasteiger charge is 2.35. The number of morpholine rings is 1. The van der Waals surface area contributed by atoms with Gasteiger partial charge in [-0.25, -0.2) is 0 Å². The lowest BCUT2D eigenvalue weighted by Gasteiger charge is -2.41. The fraction of sp³-hybridized carbons (Fsp3) is 0.611. The Morgan fingerprint density at radius 2 is 1.82 bits per heavy atom. The van der Waals surface area contributed by atoms with Crippen LogP contribution in [0.4, 0.5) is 0 Å². The van der Waals surface area contributed by atoms with Crippen LogP contribution in [-0.2, 0) is 4.74 Å². The molecule has 1 aliphatic heterocycles. The summed E-state index contributed by atoms with van der Waals surface area (Å²) in [6.07, 6.45) is 4.53. The van der Waals surface area contributed by atoms with Gasteiger partial charge in [-0.1, -0.05) is 12.8 Å². The van der Waals surface area contributed by atoms with Crippen LogP contribution in [0.25, 0.3) is 0 Å². The highest BCUT2D eigenvalue weighted by Crippen LogP contribution is 2.32. The van der Waals surface area contributed by atoms with E-state index in [1.54, 1.807) is 7.11 Å². The van der Waals surface area contributed by atoms with E-state index < -0.39 is 0 Å². The van der Waals surface area contributed by atoms with Gasteiger partial charge in [0.2, 0.25) is 0 Å². The van der Waals surface area contributed by atoms with Gasteiger partial charge in [-0.05, 0) is 37.1 Å². The molecule has 1 aliphatic carbocycles. The van der Waals surface area contributed by atoms with Crippen molar-refractivity contribution >= 4 is 5.78 Å². The smallest absolute Gasteiger partial charge is 0.167 e. The molecule has 4 heteroatoms. The summed E-state index contributed by atoms with van der Waals surface area (Å²) in [6.45, 7) is 3.49. The predicted molar refractivity (Wildman–Crippen MR) is 85.5 cm³/mol. The molecule has 3 rings (SSSR count). The number of methoxy groups -OCH3 is 1. The van der Waals surface area contributed by atoms with Crippen molar-refractivity contribution in [3.63, 3.8) is 0 Å². The number of carbonyl (C=O) groups excluding carboxylic acids is 1. The Kier molecular flexibility index (Phi) is 5.11. The third kappa shape index (κ3) is 3.33. The molecule has 22 heavy (non-hydrogen) atoms. The lowest BCUT2D eigenvalue weighted by atomic mass is 9.79. The summed E-state index contributed by atoms with van der Waals surface area (Å²) >= 11 is 0. The molecule has 0 spiro atoms. The van der Waals surface area contributed by atoms with E-state index >= 15 is 0 Å². The van der Waals surface area contributed by atoms with Crippen LogP contribution in [0.1, 0.15) is 36.0 Å². The van der Waals surface area contributed by atoms with Gasteiger partial charge in [0.15, 0.2) is 5.78 Å². The Morgan fingerprint density at radius 1 is 1.14 bits per heavy atom. The summed E-state index contributed by atoms with van der Waals surface area (Å²) in [6, 6.07) is 7.92. The number of ketones is 1. The van der Waals surface area contributed by atoms with Gasteiger partial charge in [0.25, 0.3) is 0 Å². The predicted octanol–water partition coefficient (Wildman–Crippen LogP) is 2.77. The van der Waals surface area contributed by atoms with E-state index in [4.69, 9.17) is 9.47 Å². The van der Waals surface area contributed by atoms with Crippen molar-refractivity contribution in [2.75, 3.05) is 33.4 Å². The second-order valence-electron chi connectivity index (χ2n) is 6.20. The monoisotopic (exact) mass is 303 g/mol. The Hall–Kier alpha value is -1.39. The lowest BCUT2D eigenvalue weighted by molar-refractivity contribution is -0.00484. The number of carbonyl (C=O) groups is 1. The number of rotatable bonds is 4. The minimum absolute atomic E-state index is 0.125. The summed E-state index contributed by atoms with van der Waals surface area (Å²) in [4.78, 5) is 15.4. The number of hydrogen-bond donors (Lipinski definition) is 0. The highest BCUT2D eigenvalue weighted by atomic mass is 16.5. The summed E-state index contributed by atoms with van der Waals surface area (Å²) in [5.74, 6) is 1.21. The maximum Gasteiger partial charge on any atom is 0.167 e. The van der Waals surface area contributed by atoms with Gasteiger partial charge in [0.1, 0.15) is 5.75 Å². The van der Waals surface area contributed by atoms with E-state index in [-0.39, 0.29) is 5.92 Å². The van der Waals surface area contributed by atoms with Crippen LogP contribution in [0.3, 0.4) is 0 Å². The zero-order chi connectivity index (χ0) is 15.4. The minimum Gasteiger partial charge on any atom is -0.497 e. The molecule has 0 radical (unpaired) electrons. The first kappa shape index (κ1) is 15.5. The summed E-state index contributed by atoms with van der Waals surface area (Å²) in [5.41, 5.74) is 0.811. The minimum atomic E-state index is 0.125. The van der Waals surface area contributed by atoms with Gasteiger partial charge in [-0.2, -0.15) is 0 Å². The second-order valence-corrected chi connectivity index (χ2v) is 6.20. The fourth-order valence-corrected chi connectivity index (χ4v) is 3.73. The zero-order valence-corrected chi connectivity index (χ0v) is 13.3. The van der Waals surface area contributed by atoms with Gasteiger partial charge in [0.05, 0.1) is 20.3 Å². The Bertz CT molecular complexity index is 494. The number of nitrogens with zero attached hydrogens (tertiary/aromatic N) is 1. The molecule has 0 aromatic heterocycles. The number of hydrogen-bond acceptors (Lipinski definition) is 4. The molecule has 2 fully saturated rings. The van der Waals surface area contributed by atoms with Gasteiger partial charge in [-0.15, -0.1) is 0 Å². The molecule has 1 aromatic carbocycles. The van der Waals surface area contributed by atoms with E-state index in [1.807, 2.05) is 24.3 Å². The van der Waals surface area contributed by atoms with Crippen molar-refractivity contribution in [2.24, 2.45) is 5.92 Å². The quantitative estimate of drug-likeness (QED) is 0.802. The molecular weight excluding hydrogens is 278 g/mol. The molecular formula is C18H25NO3. The van der Waals surface area contributed by atoms with Crippen LogP contribution in [0.15, 0.2) is 24.3 Å². The number of Topliss-reactive ketones (excluding diaryl/α,β-unsaturated/α-hetero) is 1. The van der Waals surface area contributed by atoms with Crippen molar-refractivity contribution in [1.82, 2.24) is 4.90 Å². The molecule has 2 atom stereocenters. The maximum absolute atomic E-state index is 13.0. The highest BCUT2D eigenvalue weighted by molar-refractivity contribution is 5.98. The Morgan fingerprint density at radius 3 is 2.50 bits per heavy atom. The fourth-order valence-electron chi connectivity index (χ4n) is 3.73. The van der Waals surface area contributed by atoms with Crippen molar-refractivity contribution in [3.8, 4) is 5.75 Å². The maximum atomic E-state index is 13.0. The summed E-state index contributed by atoms with van der Waals surface area (Å²) in [5, 5.41) is 0. The third-order valence-electron chi connectivity index (χ3n) is 4.96. The molecule has 4 nitrogen and oxygen atoms in total. The van der Waals surface area contributed by atoms with Crippen LogP contribution in [0, 0.1) is 5.92 Å². The van der Waals surface area contributed by atoms with Crippen molar-refractivity contribution in [3.05, 3.63) is 29.8 Å². The molecule has 1 saturated heterocycles. The zero-order valence-electron chi connectivity index (χ0n) is 13.3. The van der Waals surface area contributed by atoms with E-state index in [9.17, 15) is 4.79 Å². The molecule has 1 saturated carbocycles. The normalized spacial score (nSPS) is 26.6. The average Bonchev–Trinajstić information content (AvgIpc) is 2.62. The van der Waals surface area contributed by atoms with Crippen molar-refractivity contribution in [2.45, 2.75) is 31.7 Å². The number of benzene rings is 1. The SMILES string of the molecule is COc1ccc(C(=O)[C@@H]2CCCC[C@@H]2N2CCOCC2)cc1. The lowest BCUT2D eigenvalue weighted by Crippen LogP contribution is -2.50. The number of ether oxygens (including phenoxy) is 2. The van der Waals surface area contributed by atoms with E-state index in [0.29, 0.717) is 11.8 Å². The van der Waals surface area contributed by atoms with Crippen molar-refractivity contribution in [1.29, 1.82) is 0 Å². The van der Waals surface area contributed by atoms with Gasteiger partial charge in [0, 0.05) is 30.6 Å². The van der Waals surface area contributed by atoms with Gasteiger partial charge < -0.3 is 9.47 Å². The molecule has 0 bridgehead atoms. The second kappa shape index (κ2) is 7.25. The van der Waals surface area contributed by atoms with Gasteiger partial charge in [-0.3, -0.25) is 9.69 Å². The van der Waals surface area contributed by atoms with Crippen LogP contribution < -0.4 is 4.74 Å². The van der Waals surface area contributed by atoms with E-state index in [2.05, 4.69) is 4.90 Å². The first-order valence-corrected chi connectivity index (χ1v) is 8.29. The molecule has 0 N–H and O–H groups in total. The molecule has 1 heterocycles. The standard InChI is InChI=1S/C18H25NO3/c1-21-15-8-6-14(7-9-15)18(20)16-4-2-3-5-17(16)19-10-12-22-13-11-19/h6-9,16-17H,2-5,10-13H2,1H3/t16-,17+/m1/s1. The Balaban J connectivity index is 1.75. The third-order valence-corrected chi connectivity index (χ3v) is 4.96. The molecule has 120 valence electrons.